The van der Waals surface area contributed by atoms with Crippen LogP contribution in [-0.2, 0) is 13.1 Å². The molecule has 43 heavy (non-hydrogen) atoms. The summed E-state index contributed by atoms with van der Waals surface area (Å²) < 4.78 is 25.9. The van der Waals surface area contributed by atoms with Gasteiger partial charge in [-0.1, -0.05) is 43.3 Å². The number of aromatic nitrogens is 4. The molecule has 1 unspecified atom stereocenters. The van der Waals surface area contributed by atoms with Gasteiger partial charge in [-0.2, -0.15) is 14.4 Å². The second-order valence-electron chi connectivity index (χ2n) is 10.2. The first-order valence-corrected chi connectivity index (χ1v) is 15.1. The molecule has 5 aromatic rings. The second kappa shape index (κ2) is 13.6. The Kier molecular flexibility index (Phi) is 9.51. The number of hydrogen-bond donors (Lipinski definition) is 0. The van der Waals surface area contributed by atoms with Crippen molar-refractivity contribution in [2.24, 2.45) is 0 Å². The van der Waals surface area contributed by atoms with Crippen molar-refractivity contribution in [3.8, 4) is 22.9 Å². The quantitative estimate of drug-likeness (QED) is 0.115. The highest BCUT2D eigenvalue weighted by Gasteiger charge is 2.20. The van der Waals surface area contributed by atoms with Gasteiger partial charge in [0.15, 0.2) is 5.82 Å². The lowest BCUT2D eigenvalue weighted by molar-refractivity contribution is 0.414. The zero-order valence-electron chi connectivity index (χ0n) is 24.9. The maximum absolute atomic E-state index is 15.3. The van der Waals surface area contributed by atoms with Crippen LogP contribution in [0.15, 0.2) is 90.0 Å². The van der Waals surface area contributed by atoms with Gasteiger partial charge < -0.3 is 14.4 Å². The second-order valence-corrected chi connectivity index (χ2v) is 11.0. The van der Waals surface area contributed by atoms with Crippen molar-refractivity contribution < 1.29 is 13.9 Å². The molecule has 0 spiro atoms. The largest absolute Gasteiger partial charge is 0.497 e. The summed E-state index contributed by atoms with van der Waals surface area (Å²) in [6.07, 6.45) is 3.63. The van der Waals surface area contributed by atoms with E-state index in [1.807, 2.05) is 53.4 Å². The number of pyridine rings is 1. The van der Waals surface area contributed by atoms with Gasteiger partial charge in [-0.15, -0.1) is 11.8 Å². The SMILES string of the molecule is COc1ccc(CN(Cc2ccc(OC)cc2)c2nc(C)nc(-c3cc(C(C)c4ccc(SC)cc4)cnc3F)n2)cc1. The molecule has 0 N–H and O–H groups in total. The number of aryl methyl sites for hydroxylation is 1. The smallest absolute Gasteiger partial charge is 0.229 e. The number of rotatable bonds is 11. The predicted octanol–water partition coefficient (Wildman–Crippen LogP) is 7.48. The first-order valence-electron chi connectivity index (χ1n) is 13.9. The van der Waals surface area contributed by atoms with Crippen molar-refractivity contribution >= 4 is 17.7 Å². The number of nitrogens with zero attached hydrogens (tertiary/aromatic N) is 5. The molecular weight excluding hydrogens is 561 g/mol. The maximum Gasteiger partial charge on any atom is 0.229 e. The molecule has 0 saturated carbocycles. The van der Waals surface area contributed by atoms with Crippen LogP contribution in [0.4, 0.5) is 10.3 Å². The van der Waals surface area contributed by atoms with Crippen LogP contribution >= 0.6 is 11.8 Å². The summed E-state index contributed by atoms with van der Waals surface area (Å²) in [4.78, 5) is 21.3. The van der Waals surface area contributed by atoms with Gasteiger partial charge >= 0.3 is 0 Å². The maximum atomic E-state index is 15.3. The number of halogens is 1. The van der Waals surface area contributed by atoms with Crippen LogP contribution in [0.1, 0.15) is 40.9 Å². The lowest BCUT2D eigenvalue weighted by atomic mass is 9.93. The van der Waals surface area contributed by atoms with Gasteiger partial charge in [-0.05, 0) is 77.9 Å². The molecule has 0 aliphatic rings. The number of methoxy groups -OCH3 is 2. The van der Waals surface area contributed by atoms with E-state index in [1.165, 1.54) is 4.90 Å². The van der Waals surface area contributed by atoms with Crippen LogP contribution in [0.2, 0.25) is 0 Å². The Hall–Kier alpha value is -4.50. The molecule has 0 aliphatic carbocycles. The van der Waals surface area contributed by atoms with Gasteiger partial charge in [0.25, 0.3) is 0 Å². The van der Waals surface area contributed by atoms with E-state index in [-0.39, 0.29) is 17.3 Å². The molecule has 220 valence electrons. The summed E-state index contributed by atoms with van der Waals surface area (Å²) in [5, 5.41) is 0. The average molecular weight is 596 g/mol. The Bertz CT molecular complexity index is 1620. The number of thioether (sulfide) groups is 1. The Labute approximate surface area is 256 Å². The summed E-state index contributed by atoms with van der Waals surface area (Å²) in [6, 6.07) is 25.9. The normalized spacial score (nSPS) is 11.7. The first-order chi connectivity index (χ1) is 20.9. The van der Waals surface area contributed by atoms with E-state index in [2.05, 4.69) is 52.4 Å². The minimum Gasteiger partial charge on any atom is -0.497 e. The van der Waals surface area contributed by atoms with Crippen molar-refractivity contribution in [2.45, 2.75) is 37.8 Å². The standard InChI is InChI=1S/C34H34FN5O2S/c1-22(26-10-16-30(43-5)17-11-26)27-18-31(32(35)36-19-27)33-37-23(2)38-34(39-33)40(20-24-6-12-28(41-3)13-7-24)21-25-8-14-29(42-4)15-9-25/h6-19,22H,20-21H2,1-5H3. The van der Waals surface area contributed by atoms with Crippen LogP contribution in [0.3, 0.4) is 0 Å². The molecule has 0 bridgehead atoms. The minimum absolute atomic E-state index is 0.00630. The molecule has 7 nitrogen and oxygen atoms in total. The van der Waals surface area contributed by atoms with Crippen LogP contribution in [0, 0.1) is 12.9 Å². The van der Waals surface area contributed by atoms with Crippen LogP contribution in [-0.4, -0.2) is 40.4 Å². The monoisotopic (exact) mass is 595 g/mol. The van der Waals surface area contributed by atoms with Crippen molar-refractivity contribution in [1.82, 2.24) is 19.9 Å². The summed E-state index contributed by atoms with van der Waals surface area (Å²) in [6.45, 7) is 4.91. The average Bonchev–Trinajstić information content (AvgIpc) is 3.04. The Morgan fingerprint density at radius 3 is 1.91 bits per heavy atom. The van der Waals surface area contributed by atoms with Crippen LogP contribution < -0.4 is 14.4 Å². The van der Waals surface area contributed by atoms with Crippen LogP contribution in [0.5, 0.6) is 11.5 Å². The fourth-order valence-electron chi connectivity index (χ4n) is 4.77. The van der Waals surface area contributed by atoms with Crippen molar-refractivity contribution in [3.63, 3.8) is 0 Å². The molecule has 0 fully saturated rings. The van der Waals surface area contributed by atoms with Crippen molar-refractivity contribution in [3.05, 3.63) is 119 Å². The Morgan fingerprint density at radius 1 is 0.791 bits per heavy atom. The number of benzene rings is 3. The van der Waals surface area contributed by atoms with E-state index < -0.39 is 5.95 Å². The van der Waals surface area contributed by atoms with Gasteiger partial charge in [0, 0.05) is 30.1 Å². The highest BCUT2D eigenvalue weighted by atomic mass is 32.2. The van der Waals surface area contributed by atoms with E-state index >= 15 is 4.39 Å². The van der Waals surface area contributed by atoms with E-state index in [1.54, 1.807) is 45.2 Å². The Balaban J connectivity index is 1.51. The van der Waals surface area contributed by atoms with Crippen molar-refractivity contribution in [2.75, 3.05) is 25.4 Å². The zero-order valence-corrected chi connectivity index (χ0v) is 25.7. The molecule has 0 radical (unpaired) electrons. The highest BCUT2D eigenvalue weighted by Crippen LogP contribution is 2.30. The molecule has 0 saturated heterocycles. The fraction of sp³-hybridized carbons (Fsp3) is 0.235. The van der Waals surface area contributed by atoms with Gasteiger partial charge in [0.2, 0.25) is 11.9 Å². The third-order valence-corrected chi connectivity index (χ3v) is 8.04. The predicted molar refractivity (Wildman–Crippen MR) is 169 cm³/mol. The molecule has 9 heteroatoms. The minimum atomic E-state index is -0.623. The fourth-order valence-corrected chi connectivity index (χ4v) is 5.18. The summed E-state index contributed by atoms with van der Waals surface area (Å²) in [5.74, 6) is 2.12. The van der Waals surface area contributed by atoms with Gasteiger partial charge in [-0.25, -0.2) is 9.97 Å². The number of ether oxygens (including phenoxy) is 2. The molecular formula is C34H34FN5O2S. The van der Waals surface area contributed by atoms with E-state index in [4.69, 9.17) is 14.5 Å². The summed E-state index contributed by atoms with van der Waals surface area (Å²) in [7, 11) is 3.29. The highest BCUT2D eigenvalue weighted by molar-refractivity contribution is 7.98. The van der Waals surface area contributed by atoms with E-state index in [0.717, 1.165) is 33.8 Å². The molecule has 0 aliphatic heterocycles. The molecule has 2 aromatic heterocycles. The Morgan fingerprint density at radius 2 is 1.37 bits per heavy atom. The van der Waals surface area contributed by atoms with Gasteiger partial charge in [0.1, 0.15) is 17.3 Å². The van der Waals surface area contributed by atoms with Crippen molar-refractivity contribution in [1.29, 1.82) is 0 Å². The van der Waals surface area contributed by atoms with Gasteiger partial charge in [0.05, 0.1) is 19.8 Å². The molecule has 3 aromatic carbocycles. The molecule has 1 atom stereocenters. The molecule has 0 amide bonds. The number of anilines is 1. The topological polar surface area (TPSA) is 73.3 Å². The third-order valence-electron chi connectivity index (χ3n) is 7.30. The first kappa shape index (κ1) is 30.0. The lowest BCUT2D eigenvalue weighted by Crippen LogP contribution is -2.25. The van der Waals surface area contributed by atoms with Crippen LogP contribution in [0.25, 0.3) is 11.4 Å². The van der Waals surface area contributed by atoms with E-state index in [9.17, 15) is 0 Å². The summed E-state index contributed by atoms with van der Waals surface area (Å²) in [5.41, 5.74) is 4.33. The molecule has 2 heterocycles. The molecule has 5 rings (SSSR count). The van der Waals surface area contributed by atoms with Gasteiger partial charge in [-0.3, -0.25) is 0 Å². The lowest BCUT2D eigenvalue weighted by Gasteiger charge is -2.24. The zero-order chi connectivity index (χ0) is 30.3. The third kappa shape index (κ3) is 7.29. The van der Waals surface area contributed by atoms with E-state index in [0.29, 0.717) is 24.9 Å². The summed E-state index contributed by atoms with van der Waals surface area (Å²) >= 11 is 1.70. The number of hydrogen-bond acceptors (Lipinski definition) is 8.